The number of ether oxygens (including phenoxy) is 2. The maximum atomic E-state index is 12.0. The summed E-state index contributed by atoms with van der Waals surface area (Å²) >= 11 is 3.45. The summed E-state index contributed by atoms with van der Waals surface area (Å²) in [6.45, 7) is 4.60. The molecule has 3 N–H and O–H groups in total. The highest BCUT2D eigenvalue weighted by molar-refractivity contribution is 9.10. The third kappa shape index (κ3) is 5.12. The molecule has 0 spiro atoms. The van der Waals surface area contributed by atoms with Gasteiger partial charge in [0.15, 0.2) is 0 Å². The van der Waals surface area contributed by atoms with E-state index in [9.17, 15) is 4.79 Å². The van der Waals surface area contributed by atoms with Crippen molar-refractivity contribution < 1.29 is 14.3 Å². The first kappa shape index (κ1) is 23.1. The minimum atomic E-state index is -0.386. The van der Waals surface area contributed by atoms with E-state index in [4.69, 9.17) is 15.2 Å². The number of hydrogen-bond acceptors (Lipinski definition) is 8. The van der Waals surface area contributed by atoms with Crippen LogP contribution in [0, 0.1) is 6.92 Å². The van der Waals surface area contributed by atoms with Crippen LogP contribution in [0.4, 0.5) is 17.2 Å². The number of pyridine rings is 1. The van der Waals surface area contributed by atoms with E-state index in [-0.39, 0.29) is 12.1 Å². The van der Waals surface area contributed by atoms with Gasteiger partial charge in [-0.3, -0.25) is 9.67 Å². The second kappa shape index (κ2) is 9.80. The molecule has 33 heavy (non-hydrogen) atoms. The molecular weight excluding hydrogens is 488 g/mol. The van der Waals surface area contributed by atoms with Crippen molar-refractivity contribution in [3.8, 4) is 11.3 Å². The quantitative estimate of drug-likeness (QED) is 0.268. The van der Waals surface area contributed by atoms with Gasteiger partial charge in [-0.1, -0.05) is 15.9 Å². The number of esters is 1. The third-order valence-corrected chi connectivity index (χ3v) is 5.99. The number of methoxy groups -OCH3 is 1. The summed E-state index contributed by atoms with van der Waals surface area (Å²) in [5, 5.41) is 7.73. The van der Waals surface area contributed by atoms with Crippen LogP contribution >= 0.6 is 15.9 Å². The average molecular weight is 515 g/mol. The van der Waals surface area contributed by atoms with E-state index in [1.54, 1.807) is 18.3 Å². The first-order chi connectivity index (χ1) is 15.9. The Bertz CT molecular complexity index is 1160. The number of hydrogen-bond donors (Lipinski definition) is 2. The topological polar surface area (TPSA) is 108 Å². The van der Waals surface area contributed by atoms with Gasteiger partial charge in [-0.05, 0) is 37.3 Å². The van der Waals surface area contributed by atoms with Gasteiger partial charge in [0.1, 0.15) is 5.82 Å². The smallest absolute Gasteiger partial charge is 0.337 e. The van der Waals surface area contributed by atoms with E-state index in [0.717, 1.165) is 40.3 Å². The lowest BCUT2D eigenvalue weighted by molar-refractivity contribution is 0.0403. The summed E-state index contributed by atoms with van der Waals surface area (Å²) in [7, 11) is 3.27. The number of nitrogen functional groups attached to an aromatic ring is 1. The number of aryl methyl sites for hydroxylation is 2. The normalized spacial score (nSPS) is 13.6. The molecule has 9 nitrogen and oxygen atoms in total. The van der Waals surface area contributed by atoms with Gasteiger partial charge in [-0.25, -0.2) is 4.79 Å². The first-order valence-corrected chi connectivity index (χ1v) is 11.4. The van der Waals surface area contributed by atoms with Gasteiger partial charge in [0.05, 0.1) is 54.2 Å². The number of benzene rings is 1. The Labute approximate surface area is 201 Å². The number of nitrogens with one attached hydrogen (secondary N) is 1. The number of halogens is 1. The van der Waals surface area contributed by atoms with Crippen molar-refractivity contribution in [1.29, 1.82) is 0 Å². The Morgan fingerprint density at radius 3 is 2.85 bits per heavy atom. The monoisotopic (exact) mass is 514 g/mol. The molecule has 0 radical (unpaired) electrons. The van der Waals surface area contributed by atoms with Gasteiger partial charge in [0.2, 0.25) is 0 Å². The Morgan fingerprint density at radius 1 is 1.30 bits per heavy atom. The van der Waals surface area contributed by atoms with Crippen LogP contribution < -0.4 is 16.0 Å². The molecule has 1 aliphatic heterocycles. The molecule has 0 bridgehead atoms. The van der Waals surface area contributed by atoms with Crippen molar-refractivity contribution in [1.82, 2.24) is 14.8 Å². The van der Waals surface area contributed by atoms with Crippen molar-refractivity contribution in [3.05, 3.63) is 52.3 Å². The molecule has 174 valence electrons. The van der Waals surface area contributed by atoms with Crippen molar-refractivity contribution in [3.63, 3.8) is 0 Å². The molecule has 1 saturated heterocycles. The molecule has 4 rings (SSSR count). The molecule has 0 amide bonds. The molecule has 0 atom stereocenters. The largest absolute Gasteiger partial charge is 0.465 e. The van der Waals surface area contributed by atoms with Crippen LogP contribution in [-0.4, -0.2) is 60.2 Å². The van der Waals surface area contributed by atoms with Crippen molar-refractivity contribution in [2.24, 2.45) is 7.05 Å². The van der Waals surface area contributed by atoms with Crippen molar-refractivity contribution in [2.45, 2.75) is 13.0 Å². The number of nitrogens with two attached hydrogens (primary N) is 1. The fourth-order valence-corrected chi connectivity index (χ4v) is 4.20. The highest BCUT2D eigenvalue weighted by Crippen LogP contribution is 2.33. The lowest BCUT2D eigenvalue weighted by Crippen LogP contribution is -2.53. The van der Waals surface area contributed by atoms with Crippen LogP contribution in [0.25, 0.3) is 11.3 Å². The summed E-state index contributed by atoms with van der Waals surface area (Å²) in [6, 6.07) is 9.19. The van der Waals surface area contributed by atoms with Gasteiger partial charge in [0.25, 0.3) is 0 Å². The zero-order valence-electron chi connectivity index (χ0n) is 18.8. The number of nitrogens with zero attached hydrogens (tertiary/aromatic N) is 4. The highest BCUT2D eigenvalue weighted by atomic mass is 79.9. The van der Waals surface area contributed by atoms with E-state index in [0.29, 0.717) is 30.1 Å². The number of anilines is 3. The Morgan fingerprint density at radius 2 is 2.09 bits per heavy atom. The SMILES string of the molecule is COC(=O)c1cc(C)nc(-c2cnn(C)c2N2CC(OCCNc3cc(Br)ccc3N)C2)c1. The fraction of sp³-hybridized carbons (Fsp3) is 0.348. The lowest BCUT2D eigenvalue weighted by Gasteiger charge is -2.40. The fourth-order valence-electron chi connectivity index (χ4n) is 3.84. The highest BCUT2D eigenvalue weighted by Gasteiger charge is 2.32. The summed E-state index contributed by atoms with van der Waals surface area (Å²) in [5.41, 5.74) is 10.4. The van der Waals surface area contributed by atoms with E-state index in [1.807, 2.05) is 36.9 Å². The Balaban J connectivity index is 1.36. The van der Waals surface area contributed by atoms with E-state index in [2.05, 4.69) is 36.2 Å². The number of carbonyl (C=O) groups is 1. The van der Waals surface area contributed by atoms with Gasteiger partial charge in [-0.15, -0.1) is 0 Å². The lowest BCUT2D eigenvalue weighted by atomic mass is 10.1. The first-order valence-electron chi connectivity index (χ1n) is 10.6. The average Bonchev–Trinajstić information content (AvgIpc) is 3.14. The second-order valence-electron chi connectivity index (χ2n) is 7.94. The Hall–Kier alpha value is -3.11. The molecule has 0 aliphatic carbocycles. The van der Waals surface area contributed by atoms with E-state index < -0.39 is 0 Å². The molecule has 1 fully saturated rings. The Kier molecular flexibility index (Phi) is 6.85. The van der Waals surface area contributed by atoms with E-state index >= 15 is 0 Å². The molecule has 3 aromatic rings. The third-order valence-electron chi connectivity index (χ3n) is 5.49. The van der Waals surface area contributed by atoms with Crippen LogP contribution in [0.15, 0.2) is 41.0 Å². The van der Waals surface area contributed by atoms with Gasteiger partial charge in [0, 0.05) is 36.8 Å². The molecule has 1 aliphatic rings. The molecule has 10 heteroatoms. The number of carbonyl (C=O) groups excluding carboxylic acids is 1. The standard InChI is InChI=1S/C23H27BrN6O3/c1-14-8-15(23(31)32-3)9-20(28-14)18-11-27-29(2)22(18)30-12-17(13-30)33-7-6-26-21-10-16(24)4-5-19(21)25/h4-5,8-11,17,26H,6-7,12-13,25H2,1-3H3. The molecule has 0 unspecified atom stereocenters. The zero-order chi connectivity index (χ0) is 23.5. The zero-order valence-corrected chi connectivity index (χ0v) is 20.4. The molecule has 2 aromatic heterocycles. The summed E-state index contributed by atoms with van der Waals surface area (Å²) < 4.78 is 13.7. The predicted octanol–water partition coefficient (Wildman–Crippen LogP) is 3.24. The summed E-state index contributed by atoms with van der Waals surface area (Å²) in [6.07, 6.45) is 1.91. The molecule has 1 aromatic carbocycles. The summed E-state index contributed by atoms with van der Waals surface area (Å²) in [4.78, 5) is 18.8. The van der Waals surface area contributed by atoms with Crippen LogP contribution in [0.2, 0.25) is 0 Å². The molecule has 3 heterocycles. The van der Waals surface area contributed by atoms with Gasteiger partial charge < -0.3 is 25.4 Å². The maximum absolute atomic E-state index is 12.0. The molecular formula is C23H27BrN6O3. The number of aromatic nitrogens is 3. The minimum Gasteiger partial charge on any atom is -0.465 e. The minimum absolute atomic E-state index is 0.130. The summed E-state index contributed by atoms with van der Waals surface area (Å²) in [5.74, 6) is 0.562. The number of rotatable bonds is 8. The van der Waals surface area contributed by atoms with Crippen LogP contribution in [0.1, 0.15) is 16.1 Å². The van der Waals surface area contributed by atoms with Crippen LogP contribution in [0.3, 0.4) is 0 Å². The van der Waals surface area contributed by atoms with Crippen LogP contribution in [-0.2, 0) is 16.5 Å². The van der Waals surface area contributed by atoms with E-state index in [1.165, 1.54) is 7.11 Å². The van der Waals surface area contributed by atoms with Crippen LogP contribution in [0.5, 0.6) is 0 Å². The molecule has 0 saturated carbocycles. The van der Waals surface area contributed by atoms with Crippen molar-refractivity contribution in [2.75, 3.05) is 49.3 Å². The predicted molar refractivity (Wildman–Crippen MR) is 132 cm³/mol. The van der Waals surface area contributed by atoms with Gasteiger partial charge >= 0.3 is 5.97 Å². The van der Waals surface area contributed by atoms with Gasteiger partial charge in [-0.2, -0.15) is 5.10 Å². The van der Waals surface area contributed by atoms with Crippen molar-refractivity contribution >= 4 is 39.1 Å². The maximum Gasteiger partial charge on any atom is 0.337 e. The second-order valence-corrected chi connectivity index (χ2v) is 8.85.